The minimum Gasteiger partial charge on any atom is -0.310 e. The van der Waals surface area contributed by atoms with Crippen molar-refractivity contribution in [2.75, 3.05) is 5.32 Å². The lowest BCUT2D eigenvalue weighted by Gasteiger charge is -2.22. The molecule has 0 saturated heterocycles. The molecular formula is C13H20N4O. The van der Waals surface area contributed by atoms with E-state index in [0.717, 1.165) is 0 Å². The summed E-state index contributed by atoms with van der Waals surface area (Å²) in [5.74, 6) is 0.383. The van der Waals surface area contributed by atoms with Crippen LogP contribution in [0.25, 0.3) is 0 Å². The summed E-state index contributed by atoms with van der Waals surface area (Å²) in [5, 5.41) is 16.2. The van der Waals surface area contributed by atoms with Crippen molar-refractivity contribution in [1.29, 1.82) is 5.26 Å². The van der Waals surface area contributed by atoms with Gasteiger partial charge < -0.3 is 5.32 Å². The van der Waals surface area contributed by atoms with Crippen molar-refractivity contribution in [2.24, 2.45) is 5.41 Å². The Kier molecular flexibility index (Phi) is 4.49. The third-order valence-electron chi connectivity index (χ3n) is 3.26. The van der Waals surface area contributed by atoms with E-state index in [2.05, 4.69) is 16.5 Å². The first kappa shape index (κ1) is 14.2. The van der Waals surface area contributed by atoms with Crippen LogP contribution in [0.2, 0.25) is 0 Å². The highest BCUT2D eigenvalue weighted by Gasteiger charge is 2.35. The third kappa shape index (κ3) is 2.53. The average molecular weight is 248 g/mol. The summed E-state index contributed by atoms with van der Waals surface area (Å²) in [5.41, 5.74) is -0.952. The van der Waals surface area contributed by atoms with E-state index < -0.39 is 5.41 Å². The highest BCUT2D eigenvalue weighted by Crippen LogP contribution is 2.27. The van der Waals surface area contributed by atoms with Crippen molar-refractivity contribution >= 4 is 11.7 Å². The van der Waals surface area contributed by atoms with Gasteiger partial charge in [-0.25, -0.2) is 4.68 Å². The molecule has 0 spiro atoms. The molecule has 0 unspecified atom stereocenters. The van der Waals surface area contributed by atoms with Crippen LogP contribution in [0.15, 0.2) is 12.3 Å². The summed E-state index contributed by atoms with van der Waals surface area (Å²) >= 11 is 0. The quantitative estimate of drug-likeness (QED) is 0.870. The van der Waals surface area contributed by atoms with Crippen LogP contribution in [0.1, 0.15) is 46.6 Å². The lowest BCUT2D eigenvalue weighted by molar-refractivity contribution is -0.123. The van der Waals surface area contributed by atoms with Gasteiger partial charge in [-0.15, -0.1) is 0 Å². The second-order valence-electron chi connectivity index (χ2n) is 4.61. The van der Waals surface area contributed by atoms with Crippen molar-refractivity contribution in [2.45, 2.75) is 46.6 Å². The lowest BCUT2D eigenvalue weighted by Crippen LogP contribution is -2.34. The number of carbonyl (C=O) groups is 1. The maximum absolute atomic E-state index is 12.2. The van der Waals surface area contributed by atoms with Crippen LogP contribution in [0.5, 0.6) is 0 Å². The zero-order valence-corrected chi connectivity index (χ0v) is 11.4. The number of hydrogen-bond donors (Lipinski definition) is 1. The lowest BCUT2D eigenvalue weighted by atomic mass is 9.83. The highest BCUT2D eigenvalue weighted by atomic mass is 16.2. The molecule has 1 rings (SSSR count). The van der Waals surface area contributed by atoms with E-state index in [-0.39, 0.29) is 11.9 Å². The topological polar surface area (TPSA) is 70.7 Å². The Morgan fingerprint density at radius 2 is 2.17 bits per heavy atom. The fraction of sp³-hybridized carbons (Fsp3) is 0.615. The van der Waals surface area contributed by atoms with Crippen molar-refractivity contribution in [3.63, 3.8) is 0 Å². The second-order valence-corrected chi connectivity index (χ2v) is 4.61. The second kappa shape index (κ2) is 5.67. The summed E-state index contributed by atoms with van der Waals surface area (Å²) in [7, 11) is 0. The van der Waals surface area contributed by atoms with Gasteiger partial charge in [0.1, 0.15) is 11.2 Å². The van der Waals surface area contributed by atoms with E-state index >= 15 is 0 Å². The van der Waals surface area contributed by atoms with Crippen LogP contribution in [0.4, 0.5) is 5.82 Å². The first-order chi connectivity index (χ1) is 8.50. The van der Waals surface area contributed by atoms with E-state index in [1.165, 1.54) is 0 Å². The number of hydrogen-bond acceptors (Lipinski definition) is 3. The van der Waals surface area contributed by atoms with Crippen LogP contribution in [-0.2, 0) is 4.79 Å². The molecule has 98 valence electrons. The number of aromatic nitrogens is 2. The Labute approximate surface area is 108 Å². The smallest absolute Gasteiger partial charge is 0.245 e. The Balaban J connectivity index is 2.94. The van der Waals surface area contributed by atoms with Gasteiger partial charge in [-0.1, -0.05) is 13.8 Å². The summed E-state index contributed by atoms with van der Waals surface area (Å²) in [6.07, 6.45) is 2.64. The van der Waals surface area contributed by atoms with Gasteiger partial charge >= 0.3 is 0 Å². The fourth-order valence-corrected chi connectivity index (χ4v) is 1.84. The Morgan fingerprint density at radius 3 is 2.61 bits per heavy atom. The summed E-state index contributed by atoms with van der Waals surface area (Å²) < 4.78 is 1.73. The molecule has 0 saturated carbocycles. The van der Waals surface area contributed by atoms with E-state index in [1.807, 2.05) is 27.7 Å². The Morgan fingerprint density at radius 1 is 1.56 bits per heavy atom. The molecule has 0 aromatic carbocycles. The average Bonchev–Trinajstić information content (AvgIpc) is 2.80. The molecule has 0 atom stereocenters. The number of nitrogens with zero attached hydrogens (tertiary/aromatic N) is 3. The van der Waals surface area contributed by atoms with Crippen molar-refractivity contribution in [1.82, 2.24) is 9.78 Å². The molecule has 1 aromatic heterocycles. The number of rotatable bonds is 5. The standard InChI is InChI=1S/C13H20N4O/c1-5-13(6-2,9-14)12(18)16-11-7-8-15-17(11)10(3)4/h7-8,10H,5-6H2,1-4H3,(H,16,18). The monoisotopic (exact) mass is 248 g/mol. The van der Waals surface area contributed by atoms with Gasteiger partial charge in [-0.3, -0.25) is 4.79 Å². The summed E-state index contributed by atoms with van der Waals surface area (Å²) in [6, 6.07) is 4.04. The molecule has 0 aliphatic rings. The van der Waals surface area contributed by atoms with Crippen LogP contribution in [0, 0.1) is 16.7 Å². The third-order valence-corrected chi connectivity index (χ3v) is 3.26. The molecule has 5 heteroatoms. The molecular weight excluding hydrogens is 228 g/mol. The number of nitrogens with one attached hydrogen (secondary N) is 1. The van der Waals surface area contributed by atoms with Gasteiger partial charge in [0.05, 0.1) is 12.3 Å². The highest BCUT2D eigenvalue weighted by molar-refractivity contribution is 5.96. The Bertz CT molecular complexity index is 452. The van der Waals surface area contributed by atoms with Gasteiger partial charge in [0.25, 0.3) is 0 Å². The maximum Gasteiger partial charge on any atom is 0.245 e. The van der Waals surface area contributed by atoms with Crippen LogP contribution in [-0.4, -0.2) is 15.7 Å². The molecule has 0 bridgehead atoms. The van der Waals surface area contributed by atoms with Crippen LogP contribution in [0.3, 0.4) is 0 Å². The van der Waals surface area contributed by atoms with E-state index in [4.69, 9.17) is 0 Å². The SMILES string of the molecule is CCC(C#N)(CC)C(=O)Nc1ccnn1C(C)C. The molecule has 0 fully saturated rings. The minimum absolute atomic E-state index is 0.162. The number of amides is 1. The van der Waals surface area contributed by atoms with Crippen LogP contribution >= 0.6 is 0 Å². The zero-order valence-electron chi connectivity index (χ0n) is 11.4. The van der Waals surface area contributed by atoms with E-state index in [9.17, 15) is 10.1 Å². The van der Waals surface area contributed by atoms with Gasteiger partial charge in [-0.2, -0.15) is 10.4 Å². The van der Waals surface area contributed by atoms with Gasteiger partial charge in [0.2, 0.25) is 5.91 Å². The minimum atomic E-state index is -0.952. The van der Waals surface area contributed by atoms with Crippen molar-refractivity contribution in [3.8, 4) is 6.07 Å². The molecule has 1 aromatic rings. The summed E-state index contributed by atoms with van der Waals surface area (Å²) in [4.78, 5) is 12.2. The molecule has 1 amide bonds. The fourth-order valence-electron chi connectivity index (χ4n) is 1.84. The van der Waals surface area contributed by atoms with E-state index in [1.54, 1.807) is 16.9 Å². The molecule has 1 N–H and O–H groups in total. The zero-order chi connectivity index (χ0) is 13.8. The normalized spacial score (nSPS) is 11.3. The first-order valence-corrected chi connectivity index (χ1v) is 6.27. The Hall–Kier alpha value is -1.83. The molecule has 0 aliphatic heterocycles. The number of carbonyl (C=O) groups excluding carboxylic acids is 1. The number of anilines is 1. The van der Waals surface area contributed by atoms with Crippen molar-refractivity contribution in [3.05, 3.63) is 12.3 Å². The summed E-state index contributed by atoms with van der Waals surface area (Å²) in [6.45, 7) is 7.68. The molecule has 0 aliphatic carbocycles. The maximum atomic E-state index is 12.2. The predicted molar refractivity (Wildman–Crippen MR) is 69.9 cm³/mol. The van der Waals surface area contributed by atoms with Crippen molar-refractivity contribution < 1.29 is 4.79 Å². The predicted octanol–water partition coefficient (Wildman–Crippen LogP) is 2.73. The van der Waals surface area contributed by atoms with Gasteiger partial charge in [-0.05, 0) is 26.7 Å². The van der Waals surface area contributed by atoms with E-state index in [0.29, 0.717) is 18.7 Å². The van der Waals surface area contributed by atoms with Crippen LogP contribution < -0.4 is 5.32 Å². The van der Waals surface area contributed by atoms with Gasteiger partial charge in [0.15, 0.2) is 0 Å². The van der Waals surface area contributed by atoms with Gasteiger partial charge in [0, 0.05) is 12.1 Å². The molecule has 1 heterocycles. The largest absolute Gasteiger partial charge is 0.310 e. The first-order valence-electron chi connectivity index (χ1n) is 6.27. The molecule has 0 radical (unpaired) electrons. The molecule has 5 nitrogen and oxygen atoms in total. The molecule has 18 heavy (non-hydrogen) atoms. The number of nitriles is 1.